The minimum atomic E-state index is 0.493. The lowest BCUT2D eigenvalue weighted by Crippen LogP contribution is -2.31. The number of rotatable bonds is 7. The van der Waals surface area contributed by atoms with E-state index in [0.717, 1.165) is 58.8 Å². The van der Waals surface area contributed by atoms with Crippen molar-refractivity contribution in [2.45, 2.75) is 32.9 Å². The van der Waals surface area contributed by atoms with Gasteiger partial charge in [-0.15, -0.1) is 0 Å². The number of H-pyrrole nitrogens is 1. The summed E-state index contributed by atoms with van der Waals surface area (Å²) in [7, 11) is 1.68. The molecule has 0 aliphatic carbocycles. The molecule has 1 aromatic heterocycles. The van der Waals surface area contributed by atoms with Gasteiger partial charge in [0.05, 0.1) is 12.8 Å². The zero-order chi connectivity index (χ0) is 20.2. The summed E-state index contributed by atoms with van der Waals surface area (Å²) in [6, 6.07) is 14.2. The maximum Gasteiger partial charge on any atom is 0.161 e. The Hall–Kier alpha value is -2.31. The second-order valence-corrected chi connectivity index (χ2v) is 8.25. The van der Waals surface area contributed by atoms with E-state index in [0.29, 0.717) is 6.61 Å². The fourth-order valence-electron chi connectivity index (χ4n) is 3.77. The highest BCUT2D eigenvalue weighted by Gasteiger charge is 2.23. The average Bonchev–Trinajstić information content (AvgIpc) is 3.17. The quantitative estimate of drug-likeness (QED) is 0.532. The van der Waals surface area contributed by atoms with Crippen molar-refractivity contribution in [2.24, 2.45) is 0 Å². The number of hydrogen-bond acceptors (Lipinski definition) is 4. The van der Waals surface area contributed by atoms with Crippen LogP contribution in [0.25, 0.3) is 11.3 Å². The van der Waals surface area contributed by atoms with E-state index in [1.807, 2.05) is 36.4 Å². The standard InChI is InChI=1S/C23H26BrN3O2/c1-3-11-27-12-10-20-19(14-27)23(26-25-20)17-6-9-21(22(13-17)28-2)29-15-16-4-7-18(24)8-5-16/h4-9,13H,3,10-12,14-15H2,1-2H3,(H,25,26). The Kier molecular flexibility index (Phi) is 6.21. The van der Waals surface area contributed by atoms with Crippen molar-refractivity contribution in [1.82, 2.24) is 15.1 Å². The summed E-state index contributed by atoms with van der Waals surface area (Å²) in [5.41, 5.74) is 5.72. The van der Waals surface area contributed by atoms with Crippen LogP contribution in [0.4, 0.5) is 0 Å². The Labute approximate surface area is 180 Å². The Bertz CT molecular complexity index is 969. The number of nitrogens with one attached hydrogen (secondary N) is 1. The third-order valence-corrected chi connectivity index (χ3v) is 5.83. The summed E-state index contributed by atoms with van der Waals surface area (Å²) < 4.78 is 12.7. The first-order valence-electron chi connectivity index (χ1n) is 10.0. The molecule has 0 bridgehead atoms. The lowest BCUT2D eigenvalue weighted by molar-refractivity contribution is 0.254. The second-order valence-electron chi connectivity index (χ2n) is 7.34. The predicted molar refractivity (Wildman–Crippen MR) is 118 cm³/mol. The number of nitrogens with zero attached hydrogens (tertiary/aromatic N) is 2. The van der Waals surface area contributed by atoms with Gasteiger partial charge in [-0.25, -0.2) is 0 Å². The van der Waals surface area contributed by atoms with Gasteiger partial charge >= 0.3 is 0 Å². The van der Waals surface area contributed by atoms with Crippen LogP contribution in [0.3, 0.4) is 0 Å². The van der Waals surface area contributed by atoms with Gasteiger partial charge < -0.3 is 9.47 Å². The molecule has 0 amide bonds. The minimum Gasteiger partial charge on any atom is -0.493 e. The molecule has 2 aromatic carbocycles. The zero-order valence-corrected chi connectivity index (χ0v) is 18.5. The average molecular weight is 456 g/mol. The highest BCUT2D eigenvalue weighted by Crippen LogP contribution is 2.35. The largest absolute Gasteiger partial charge is 0.493 e. The molecule has 6 heteroatoms. The maximum absolute atomic E-state index is 6.01. The van der Waals surface area contributed by atoms with Crippen LogP contribution < -0.4 is 9.47 Å². The summed E-state index contributed by atoms with van der Waals surface area (Å²) >= 11 is 3.46. The molecule has 0 fully saturated rings. The van der Waals surface area contributed by atoms with Crippen LogP contribution >= 0.6 is 15.9 Å². The molecular weight excluding hydrogens is 430 g/mol. The third-order valence-electron chi connectivity index (χ3n) is 5.30. The van der Waals surface area contributed by atoms with Gasteiger partial charge in [-0.05, 0) is 48.9 Å². The highest BCUT2D eigenvalue weighted by molar-refractivity contribution is 9.10. The number of ether oxygens (including phenoxy) is 2. The van der Waals surface area contributed by atoms with Crippen LogP contribution in [0.15, 0.2) is 46.9 Å². The lowest BCUT2D eigenvalue weighted by atomic mass is 10.0. The molecule has 152 valence electrons. The molecular formula is C23H26BrN3O2. The summed E-state index contributed by atoms with van der Waals surface area (Å²) in [5, 5.41) is 7.86. The molecule has 0 saturated carbocycles. The molecule has 0 unspecified atom stereocenters. The number of hydrogen-bond donors (Lipinski definition) is 1. The van der Waals surface area contributed by atoms with Crippen molar-refractivity contribution < 1.29 is 9.47 Å². The normalized spacial score (nSPS) is 13.9. The van der Waals surface area contributed by atoms with Crippen LogP contribution in [0.1, 0.15) is 30.2 Å². The SMILES string of the molecule is CCCN1CCc2[nH]nc(-c3ccc(OCc4ccc(Br)cc4)c(OC)c3)c2C1. The summed E-state index contributed by atoms with van der Waals surface area (Å²) in [6.07, 6.45) is 2.19. The van der Waals surface area contributed by atoms with Gasteiger partial charge in [-0.1, -0.05) is 35.0 Å². The van der Waals surface area contributed by atoms with Gasteiger partial charge in [0.2, 0.25) is 0 Å². The van der Waals surface area contributed by atoms with E-state index < -0.39 is 0 Å². The van der Waals surface area contributed by atoms with Gasteiger partial charge in [0, 0.05) is 40.8 Å². The molecule has 1 N–H and O–H groups in total. The third kappa shape index (κ3) is 4.49. The summed E-state index contributed by atoms with van der Waals surface area (Å²) in [5.74, 6) is 1.45. The van der Waals surface area contributed by atoms with E-state index in [2.05, 4.69) is 44.0 Å². The highest BCUT2D eigenvalue weighted by atomic mass is 79.9. The van der Waals surface area contributed by atoms with Crippen molar-refractivity contribution in [3.05, 3.63) is 63.8 Å². The predicted octanol–water partition coefficient (Wildman–Crippen LogP) is 5.19. The number of aromatic amines is 1. The van der Waals surface area contributed by atoms with Crippen LogP contribution in [0.5, 0.6) is 11.5 Å². The Morgan fingerprint density at radius 3 is 2.72 bits per heavy atom. The number of aromatic nitrogens is 2. The monoisotopic (exact) mass is 455 g/mol. The molecule has 0 atom stereocenters. The number of fused-ring (bicyclic) bond motifs is 1. The van der Waals surface area contributed by atoms with Gasteiger partial charge in [-0.2, -0.15) is 5.10 Å². The van der Waals surface area contributed by atoms with Gasteiger partial charge in [0.15, 0.2) is 11.5 Å². The van der Waals surface area contributed by atoms with Crippen molar-refractivity contribution in [3.63, 3.8) is 0 Å². The molecule has 0 saturated heterocycles. The van der Waals surface area contributed by atoms with Gasteiger partial charge in [-0.3, -0.25) is 10.00 Å². The number of benzene rings is 2. The molecule has 0 radical (unpaired) electrons. The Balaban J connectivity index is 1.54. The molecule has 0 spiro atoms. The van der Waals surface area contributed by atoms with E-state index in [9.17, 15) is 0 Å². The first-order chi connectivity index (χ1) is 14.2. The second kappa shape index (κ2) is 9.01. The van der Waals surface area contributed by atoms with E-state index in [4.69, 9.17) is 9.47 Å². The lowest BCUT2D eigenvalue weighted by Gasteiger charge is -2.26. The van der Waals surface area contributed by atoms with E-state index >= 15 is 0 Å². The van der Waals surface area contributed by atoms with Crippen molar-refractivity contribution in [3.8, 4) is 22.8 Å². The van der Waals surface area contributed by atoms with Crippen molar-refractivity contribution >= 4 is 15.9 Å². The zero-order valence-electron chi connectivity index (χ0n) is 16.9. The molecule has 29 heavy (non-hydrogen) atoms. The van der Waals surface area contributed by atoms with Gasteiger partial charge in [0.1, 0.15) is 6.61 Å². The van der Waals surface area contributed by atoms with Crippen LogP contribution in [0, 0.1) is 0 Å². The maximum atomic E-state index is 6.01. The van der Waals surface area contributed by atoms with E-state index in [-0.39, 0.29) is 0 Å². The molecule has 4 rings (SSSR count). The van der Waals surface area contributed by atoms with Gasteiger partial charge in [0.25, 0.3) is 0 Å². The first kappa shape index (κ1) is 20.0. The van der Waals surface area contributed by atoms with Crippen LogP contribution in [-0.4, -0.2) is 35.3 Å². The summed E-state index contributed by atoms with van der Waals surface area (Å²) in [6.45, 7) is 5.88. The number of halogens is 1. The van der Waals surface area contributed by atoms with Crippen molar-refractivity contribution in [2.75, 3.05) is 20.2 Å². The fraction of sp³-hybridized carbons (Fsp3) is 0.348. The van der Waals surface area contributed by atoms with E-state index in [1.165, 1.54) is 17.7 Å². The molecule has 1 aliphatic rings. The minimum absolute atomic E-state index is 0.493. The van der Waals surface area contributed by atoms with Crippen LogP contribution in [0.2, 0.25) is 0 Å². The molecule has 2 heterocycles. The smallest absolute Gasteiger partial charge is 0.161 e. The van der Waals surface area contributed by atoms with E-state index in [1.54, 1.807) is 7.11 Å². The molecule has 1 aliphatic heterocycles. The topological polar surface area (TPSA) is 50.4 Å². The molecule has 3 aromatic rings. The van der Waals surface area contributed by atoms with Crippen molar-refractivity contribution in [1.29, 1.82) is 0 Å². The fourth-order valence-corrected chi connectivity index (χ4v) is 4.04. The Morgan fingerprint density at radius 2 is 1.97 bits per heavy atom. The van der Waals surface area contributed by atoms with Crippen LogP contribution in [-0.2, 0) is 19.6 Å². The summed E-state index contributed by atoms with van der Waals surface area (Å²) in [4.78, 5) is 2.49. The number of methoxy groups -OCH3 is 1. The molecule has 5 nitrogen and oxygen atoms in total. The Morgan fingerprint density at radius 1 is 1.14 bits per heavy atom. The first-order valence-corrected chi connectivity index (χ1v) is 10.8.